The molecule has 0 aliphatic carbocycles. The van der Waals surface area contributed by atoms with Crippen molar-refractivity contribution in [1.29, 1.82) is 0 Å². The summed E-state index contributed by atoms with van der Waals surface area (Å²) in [5.41, 5.74) is 0.713. The summed E-state index contributed by atoms with van der Waals surface area (Å²) >= 11 is 0. The third kappa shape index (κ3) is 4.87. The minimum atomic E-state index is -4.69. The highest BCUT2D eigenvalue weighted by Crippen LogP contribution is 2.40. The molecular formula is C19H23F3N2O4S. The maximum atomic E-state index is 13.6. The highest BCUT2D eigenvalue weighted by molar-refractivity contribution is 7.84. The molecule has 1 N–H and O–H groups in total. The van der Waals surface area contributed by atoms with Crippen molar-refractivity contribution in [3.05, 3.63) is 35.4 Å². The van der Waals surface area contributed by atoms with Gasteiger partial charge in [-0.25, -0.2) is 18.6 Å². The highest BCUT2D eigenvalue weighted by Gasteiger charge is 2.44. The molecule has 1 aliphatic rings. The number of hydrogen-bond donors (Lipinski definition) is 1. The fourth-order valence-corrected chi connectivity index (χ4v) is 3.67. The summed E-state index contributed by atoms with van der Waals surface area (Å²) < 4.78 is 58.8. The van der Waals surface area contributed by atoms with Crippen LogP contribution in [0.5, 0.6) is 0 Å². The van der Waals surface area contributed by atoms with Crippen molar-refractivity contribution in [2.45, 2.75) is 51.1 Å². The first-order valence-electron chi connectivity index (χ1n) is 8.75. The second-order valence-corrected chi connectivity index (χ2v) is 9.58. The van der Waals surface area contributed by atoms with Gasteiger partial charge in [0.25, 0.3) is 5.91 Å². The topological polar surface area (TPSA) is 75.7 Å². The van der Waals surface area contributed by atoms with Gasteiger partial charge >= 0.3 is 12.3 Å². The van der Waals surface area contributed by atoms with Gasteiger partial charge < -0.3 is 4.74 Å². The van der Waals surface area contributed by atoms with Crippen LogP contribution in [0.3, 0.4) is 0 Å². The lowest BCUT2D eigenvalue weighted by Crippen LogP contribution is -2.47. The molecule has 0 spiro atoms. The molecular weight excluding hydrogens is 409 g/mol. The number of hydrogen-bond acceptors (Lipinski definition) is 4. The van der Waals surface area contributed by atoms with Gasteiger partial charge in [0.1, 0.15) is 6.04 Å². The Morgan fingerprint density at radius 1 is 1.24 bits per heavy atom. The fourth-order valence-electron chi connectivity index (χ4n) is 2.84. The predicted molar refractivity (Wildman–Crippen MR) is 104 cm³/mol. The third-order valence-electron chi connectivity index (χ3n) is 4.33. The summed E-state index contributed by atoms with van der Waals surface area (Å²) in [4.78, 5) is 25.6. The number of alkyl halides is 3. The Morgan fingerprint density at radius 3 is 2.34 bits per heavy atom. The molecule has 2 amide bonds. The van der Waals surface area contributed by atoms with E-state index in [0.29, 0.717) is 5.56 Å². The molecule has 1 aromatic carbocycles. The normalized spacial score (nSPS) is 18.3. The van der Waals surface area contributed by atoms with E-state index in [1.165, 1.54) is 13.0 Å². The molecule has 0 radical (unpaired) electrons. The average Bonchev–Trinajstić information content (AvgIpc) is 2.90. The number of amides is 2. The van der Waals surface area contributed by atoms with Crippen LogP contribution in [0.15, 0.2) is 29.8 Å². The highest BCUT2D eigenvalue weighted by atomic mass is 32.2. The minimum Gasteiger partial charge on any atom is -0.452 e. The van der Waals surface area contributed by atoms with Gasteiger partial charge in [-0.05, 0) is 40.2 Å². The largest absolute Gasteiger partial charge is 0.452 e. The molecule has 1 aromatic rings. The Labute approximate surface area is 169 Å². The van der Waals surface area contributed by atoms with Crippen LogP contribution in [0.2, 0.25) is 0 Å². The summed E-state index contributed by atoms with van der Waals surface area (Å²) in [5.74, 6) is -0.756. The Balaban J connectivity index is 2.46. The monoisotopic (exact) mass is 432 g/mol. The van der Waals surface area contributed by atoms with E-state index in [-0.39, 0.29) is 16.8 Å². The van der Waals surface area contributed by atoms with Crippen LogP contribution in [-0.2, 0) is 20.5 Å². The quantitative estimate of drug-likeness (QED) is 0.731. The lowest BCUT2D eigenvalue weighted by atomic mass is 9.97. The van der Waals surface area contributed by atoms with Gasteiger partial charge in [-0.2, -0.15) is 13.2 Å². The van der Waals surface area contributed by atoms with Crippen molar-refractivity contribution in [1.82, 2.24) is 4.72 Å². The number of anilines is 1. The zero-order chi connectivity index (χ0) is 22.1. The average molecular weight is 432 g/mol. The smallest absolute Gasteiger partial charge is 0.421 e. The zero-order valence-electron chi connectivity index (χ0n) is 16.7. The van der Waals surface area contributed by atoms with Crippen molar-refractivity contribution in [3.63, 3.8) is 0 Å². The van der Waals surface area contributed by atoms with Crippen molar-refractivity contribution >= 4 is 34.2 Å². The second-order valence-electron chi connectivity index (χ2n) is 7.58. The molecule has 0 fully saturated rings. The summed E-state index contributed by atoms with van der Waals surface area (Å²) in [7, 11) is -0.854. The molecule has 1 heterocycles. The number of imide groups is 1. The number of ether oxygens (including phenoxy) is 1. The standard InChI is InChI=1S/C19H23F3N2O4S/c1-11(10-14(19(20,21)22)23-29(27)18(2,3)4)15-12-8-6-7-9-13(12)24(16(15)25)17(26)28-5/h6-9,14,23H,10H2,1-5H3/b15-11-/t14-,29?/m0/s1. The number of carbonyl (C=O) groups is 2. The lowest BCUT2D eigenvalue weighted by Gasteiger charge is -2.26. The first kappa shape index (κ1) is 23.1. The maximum absolute atomic E-state index is 13.6. The molecule has 0 aromatic heterocycles. The van der Waals surface area contributed by atoms with Crippen molar-refractivity contribution in [3.8, 4) is 0 Å². The van der Waals surface area contributed by atoms with Crippen molar-refractivity contribution in [2.75, 3.05) is 12.0 Å². The molecule has 6 nitrogen and oxygen atoms in total. The number of nitrogens with one attached hydrogen (secondary N) is 1. The van der Waals surface area contributed by atoms with Crippen LogP contribution < -0.4 is 9.62 Å². The molecule has 2 rings (SSSR count). The van der Waals surface area contributed by atoms with E-state index in [2.05, 4.69) is 9.46 Å². The third-order valence-corrected chi connectivity index (χ3v) is 5.94. The number of benzene rings is 1. The van der Waals surface area contributed by atoms with Gasteiger partial charge in [-0.3, -0.25) is 4.79 Å². The van der Waals surface area contributed by atoms with E-state index in [1.54, 1.807) is 39.0 Å². The molecule has 0 bridgehead atoms. The first-order valence-corrected chi connectivity index (χ1v) is 9.90. The zero-order valence-corrected chi connectivity index (χ0v) is 17.5. The van der Waals surface area contributed by atoms with Gasteiger partial charge in [0.2, 0.25) is 0 Å². The van der Waals surface area contributed by atoms with Gasteiger partial charge in [0, 0.05) is 11.1 Å². The van der Waals surface area contributed by atoms with Gasteiger partial charge in [-0.1, -0.05) is 23.8 Å². The molecule has 10 heteroatoms. The number of fused-ring (bicyclic) bond motifs is 1. The number of carbonyl (C=O) groups excluding carboxylic acids is 2. The Kier molecular flexibility index (Phi) is 6.58. The maximum Gasteiger partial charge on any atom is 0.421 e. The fraction of sp³-hybridized carbons (Fsp3) is 0.474. The van der Waals surface area contributed by atoms with Gasteiger partial charge in [-0.15, -0.1) is 0 Å². The van der Waals surface area contributed by atoms with Crippen LogP contribution >= 0.6 is 0 Å². The Bertz CT molecular complexity index is 875. The van der Waals surface area contributed by atoms with E-state index in [4.69, 9.17) is 0 Å². The van der Waals surface area contributed by atoms with Gasteiger partial charge in [0.05, 0.1) is 28.5 Å². The molecule has 29 heavy (non-hydrogen) atoms. The van der Waals surface area contributed by atoms with Crippen LogP contribution in [0.1, 0.15) is 39.7 Å². The number of para-hydroxylation sites is 1. The molecule has 160 valence electrons. The van der Waals surface area contributed by atoms with Crippen molar-refractivity contribution < 1.29 is 31.7 Å². The summed E-state index contributed by atoms with van der Waals surface area (Å²) in [6.45, 7) is 6.06. The van der Waals surface area contributed by atoms with E-state index < -0.39 is 46.4 Å². The van der Waals surface area contributed by atoms with E-state index >= 15 is 0 Å². The van der Waals surface area contributed by atoms with Crippen LogP contribution in [0.25, 0.3) is 5.57 Å². The van der Waals surface area contributed by atoms with Gasteiger partial charge in [0.15, 0.2) is 0 Å². The Morgan fingerprint density at radius 2 is 1.83 bits per heavy atom. The van der Waals surface area contributed by atoms with E-state index in [0.717, 1.165) is 12.0 Å². The molecule has 0 saturated carbocycles. The predicted octanol–water partition coefficient (Wildman–Crippen LogP) is 3.95. The summed E-state index contributed by atoms with van der Waals surface area (Å²) in [6.07, 6.45) is -6.22. The van der Waals surface area contributed by atoms with Crippen LogP contribution in [-0.4, -0.2) is 40.3 Å². The van der Waals surface area contributed by atoms with E-state index in [9.17, 15) is 27.0 Å². The molecule has 1 unspecified atom stereocenters. The SMILES string of the molecule is COC(=O)N1C(=O)/C(=C(/C)C[C@H](NS(=O)C(C)(C)C)C(F)(F)F)c2ccccc21. The molecule has 0 saturated heterocycles. The van der Waals surface area contributed by atoms with E-state index in [1.807, 2.05) is 0 Å². The number of rotatable bonds is 4. The first-order chi connectivity index (χ1) is 13.3. The number of nitrogens with zero attached hydrogens (tertiary/aromatic N) is 1. The van der Waals surface area contributed by atoms with Crippen LogP contribution in [0, 0.1) is 0 Å². The summed E-state index contributed by atoms with van der Waals surface area (Å²) in [5, 5.41) is 0. The van der Waals surface area contributed by atoms with Crippen LogP contribution in [0.4, 0.5) is 23.7 Å². The lowest BCUT2D eigenvalue weighted by molar-refractivity contribution is -0.150. The number of halogens is 3. The molecule has 2 atom stereocenters. The minimum absolute atomic E-state index is 0.00332. The van der Waals surface area contributed by atoms with Crippen molar-refractivity contribution in [2.24, 2.45) is 0 Å². The summed E-state index contributed by atoms with van der Waals surface area (Å²) in [6, 6.07) is 4.17. The number of methoxy groups -OCH3 is 1. The Hall–Kier alpha value is -2.20. The molecule has 1 aliphatic heterocycles. The second kappa shape index (κ2) is 8.27.